The van der Waals surface area contributed by atoms with Crippen LogP contribution >= 0.6 is 12.0 Å². The van der Waals surface area contributed by atoms with Crippen molar-refractivity contribution in [2.75, 3.05) is 28.7 Å². The van der Waals surface area contributed by atoms with Gasteiger partial charge >= 0.3 is 0 Å². The molecule has 1 aliphatic heterocycles. The number of hydrogen-bond acceptors (Lipinski definition) is 9. The Labute approximate surface area is 260 Å². The Morgan fingerprint density at radius 3 is 2.20 bits per heavy atom. The highest BCUT2D eigenvalue weighted by Gasteiger charge is 2.33. The summed E-state index contributed by atoms with van der Waals surface area (Å²) in [4.78, 5) is 2.48. The van der Waals surface area contributed by atoms with Crippen LogP contribution in [0.3, 0.4) is 0 Å². The Morgan fingerprint density at radius 1 is 0.841 bits per heavy atom. The van der Waals surface area contributed by atoms with Gasteiger partial charge in [0.1, 0.15) is 11.5 Å². The lowest BCUT2D eigenvalue weighted by atomic mass is 9.82. The van der Waals surface area contributed by atoms with Gasteiger partial charge in [-0.1, -0.05) is 42.5 Å². The number of nitrogens with two attached hydrogens (primary N) is 2. The zero-order chi connectivity index (χ0) is 31.0. The van der Waals surface area contributed by atoms with Crippen LogP contribution in [-0.2, 0) is 16.7 Å². The second-order valence-corrected chi connectivity index (χ2v) is 12.6. The predicted molar refractivity (Wildman–Crippen MR) is 176 cm³/mol. The molecule has 7 N–H and O–H groups in total. The van der Waals surface area contributed by atoms with Crippen molar-refractivity contribution in [1.29, 1.82) is 0 Å². The van der Waals surface area contributed by atoms with E-state index >= 15 is 0 Å². The summed E-state index contributed by atoms with van der Waals surface area (Å²) in [6.07, 6.45) is 0. The van der Waals surface area contributed by atoms with Crippen molar-refractivity contribution in [3.63, 3.8) is 0 Å². The Kier molecular flexibility index (Phi) is 7.87. The molecule has 44 heavy (non-hydrogen) atoms. The molecule has 0 radical (unpaired) electrons. The molecule has 9 nitrogen and oxygen atoms in total. The molecule has 6 rings (SSSR count). The van der Waals surface area contributed by atoms with Gasteiger partial charge in [-0.05, 0) is 59.7 Å². The number of nitrogens with zero attached hydrogens (tertiary/aromatic N) is 1. The topological polar surface area (TPSA) is 151 Å². The number of hydrogen-bond donors (Lipinski definition) is 5. The molecule has 11 heteroatoms. The summed E-state index contributed by atoms with van der Waals surface area (Å²) < 4.78 is 50.9. The van der Waals surface area contributed by atoms with Crippen LogP contribution in [0.25, 0.3) is 0 Å². The molecule has 224 valence electrons. The third kappa shape index (κ3) is 5.90. The highest BCUT2D eigenvalue weighted by Crippen LogP contribution is 2.50. The van der Waals surface area contributed by atoms with Gasteiger partial charge in [0.25, 0.3) is 10.1 Å². The zero-order valence-electron chi connectivity index (χ0n) is 23.6. The molecule has 0 amide bonds. The average Bonchev–Trinajstić information content (AvgIpc) is 3.00. The molecule has 1 atom stereocenters. The van der Waals surface area contributed by atoms with Crippen molar-refractivity contribution in [1.82, 2.24) is 0 Å². The molecule has 5 aromatic rings. The van der Waals surface area contributed by atoms with E-state index in [1.165, 1.54) is 6.07 Å². The molecule has 1 heterocycles. The normalized spacial score (nSPS) is 13.8. The second-order valence-electron chi connectivity index (χ2n) is 10.6. The Hall–Kier alpha value is -4.68. The molecule has 0 saturated carbocycles. The molecule has 0 bridgehead atoms. The van der Waals surface area contributed by atoms with Crippen molar-refractivity contribution in [3.8, 4) is 11.5 Å². The SMILES string of the molecule is CN(Cc1ccc(N)cc1)c1ccc2c(c1)Oc1cc(Nc3ccc(SO)c(N)c3)ccc1C2c1ccccc1S(=O)(=O)O. The fraction of sp³-hybridized carbons (Fsp3) is 0.0909. The number of nitrogen functional groups attached to an aromatic ring is 2. The number of anilines is 5. The maximum absolute atomic E-state index is 12.5. The van der Waals surface area contributed by atoms with Crippen molar-refractivity contribution in [2.24, 2.45) is 0 Å². The van der Waals surface area contributed by atoms with Gasteiger partial charge in [-0.25, -0.2) is 0 Å². The minimum Gasteiger partial charge on any atom is -0.457 e. The van der Waals surface area contributed by atoms with Gasteiger partial charge in [0.2, 0.25) is 0 Å². The van der Waals surface area contributed by atoms with Crippen LogP contribution in [0.4, 0.5) is 28.4 Å². The first kappa shape index (κ1) is 29.4. The largest absolute Gasteiger partial charge is 0.457 e. The first-order valence-electron chi connectivity index (χ1n) is 13.7. The van der Waals surface area contributed by atoms with Crippen LogP contribution in [0.1, 0.15) is 28.2 Å². The van der Waals surface area contributed by atoms with Crippen LogP contribution in [-0.4, -0.2) is 24.6 Å². The van der Waals surface area contributed by atoms with Crippen molar-refractivity contribution >= 4 is 50.6 Å². The van der Waals surface area contributed by atoms with Crippen LogP contribution in [0, 0.1) is 0 Å². The van der Waals surface area contributed by atoms with Crippen molar-refractivity contribution in [2.45, 2.75) is 22.3 Å². The Bertz CT molecular complexity index is 1970. The van der Waals surface area contributed by atoms with E-state index < -0.39 is 16.0 Å². The highest BCUT2D eigenvalue weighted by molar-refractivity contribution is 7.94. The summed E-state index contributed by atoms with van der Waals surface area (Å²) in [6, 6.07) is 30.9. The van der Waals surface area contributed by atoms with E-state index in [-0.39, 0.29) is 4.90 Å². The van der Waals surface area contributed by atoms with Crippen LogP contribution < -0.4 is 26.4 Å². The van der Waals surface area contributed by atoms with Gasteiger partial charge in [0.15, 0.2) is 0 Å². The van der Waals surface area contributed by atoms with Gasteiger partial charge in [0, 0.05) is 83.2 Å². The molecule has 0 saturated heterocycles. The minimum absolute atomic E-state index is 0.159. The lowest BCUT2D eigenvalue weighted by molar-refractivity contribution is 0.451. The van der Waals surface area contributed by atoms with Gasteiger partial charge in [0.05, 0.1) is 9.79 Å². The molecule has 1 unspecified atom stereocenters. The molecule has 5 aromatic carbocycles. The number of ether oxygens (including phenoxy) is 1. The number of fused-ring (bicyclic) bond motifs is 2. The van der Waals surface area contributed by atoms with Crippen LogP contribution in [0.5, 0.6) is 11.5 Å². The van der Waals surface area contributed by atoms with Gasteiger partial charge in [-0.2, -0.15) is 8.42 Å². The second kappa shape index (κ2) is 11.8. The van der Waals surface area contributed by atoms with E-state index in [1.54, 1.807) is 36.4 Å². The predicted octanol–water partition coefficient (Wildman–Crippen LogP) is 7.33. The molecule has 0 aliphatic carbocycles. The molecule has 0 aromatic heterocycles. The van der Waals surface area contributed by atoms with E-state index in [4.69, 9.17) is 16.2 Å². The minimum atomic E-state index is -4.51. The van der Waals surface area contributed by atoms with Gasteiger partial charge < -0.3 is 31.0 Å². The summed E-state index contributed by atoms with van der Waals surface area (Å²) in [7, 11) is -2.53. The lowest BCUT2D eigenvalue weighted by Gasteiger charge is -2.31. The molecular formula is C33H30N4O5S2. The lowest BCUT2D eigenvalue weighted by Crippen LogP contribution is -2.18. The summed E-state index contributed by atoms with van der Waals surface area (Å²) in [5.74, 6) is 0.570. The van der Waals surface area contributed by atoms with Crippen molar-refractivity contribution in [3.05, 3.63) is 125 Å². The Morgan fingerprint density at radius 2 is 1.50 bits per heavy atom. The van der Waals surface area contributed by atoms with E-state index in [1.807, 2.05) is 67.7 Å². The summed E-state index contributed by atoms with van der Waals surface area (Å²) in [5, 5.41) is 3.32. The van der Waals surface area contributed by atoms with E-state index in [0.29, 0.717) is 51.9 Å². The first-order chi connectivity index (χ1) is 21.1. The maximum atomic E-state index is 12.5. The first-order valence-corrected chi connectivity index (χ1v) is 15.9. The highest BCUT2D eigenvalue weighted by atomic mass is 32.2. The molecule has 1 aliphatic rings. The molecule has 0 fully saturated rings. The van der Waals surface area contributed by atoms with E-state index in [0.717, 1.165) is 33.8 Å². The maximum Gasteiger partial charge on any atom is 0.294 e. The van der Waals surface area contributed by atoms with Crippen molar-refractivity contribution < 1.29 is 22.3 Å². The standard InChI is InChI=1S/C33H30N4O5S2/c1-37(19-20-6-8-21(34)9-7-20)24-12-14-26-30(18-24)42-29-17-23(36-22-11-15-31(43-38)28(35)16-22)10-13-25(29)33(26)27-4-2-3-5-32(27)44(39,40)41/h2-18,33,36,38H,19,34-35H2,1H3,(H,39,40,41). The third-order valence-electron chi connectivity index (χ3n) is 7.60. The monoisotopic (exact) mass is 626 g/mol. The number of benzene rings is 5. The molecule has 0 spiro atoms. The zero-order valence-corrected chi connectivity index (χ0v) is 25.3. The van der Waals surface area contributed by atoms with Gasteiger partial charge in [-0.3, -0.25) is 4.55 Å². The van der Waals surface area contributed by atoms with Crippen LogP contribution in [0.15, 0.2) is 113 Å². The third-order valence-corrected chi connectivity index (χ3v) is 9.09. The Balaban J connectivity index is 1.42. The summed E-state index contributed by atoms with van der Waals surface area (Å²) in [5.41, 5.74) is 18.4. The molecular weight excluding hydrogens is 597 g/mol. The average molecular weight is 627 g/mol. The summed E-state index contributed by atoms with van der Waals surface area (Å²) in [6.45, 7) is 0.634. The number of nitrogens with one attached hydrogen (secondary N) is 1. The fourth-order valence-electron chi connectivity index (χ4n) is 5.47. The van der Waals surface area contributed by atoms with Gasteiger partial charge in [-0.15, -0.1) is 0 Å². The fourth-order valence-corrected chi connectivity index (χ4v) is 6.49. The van der Waals surface area contributed by atoms with E-state index in [2.05, 4.69) is 10.2 Å². The summed E-state index contributed by atoms with van der Waals surface area (Å²) >= 11 is 0.585. The van der Waals surface area contributed by atoms with E-state index in [9.17, 15) is 17.5 Å². The van der Waals surface area contributed by atoms with Crippen LogP contribution in [0.2, 0.25) is 0 Å². The smallest absolute Gasteiger partial charge is 0.294 e. The number of rotatable bonds is 8. The quantitative estimate of drug-likeness (QED) is 0.0660.